The molecule has 0 saturated carbocycles. The Balaban J connectivity index is 2.44. The average Bonchev–Trinajstić information content (AvgIpc) is 2.38. The number of nitrogens with one attached hydrogen (secondary N) is 2. The Bertz CT molecular complexity index is 441. The van der Waals surface area contributed by atoms with Crippen molar-refractivity contribution in [3.8, 4) is 5.75 Å². The summed E-state index contributed by atoms with van der Waals surface area (Å²) in [6, 6.07) is 7.00. The zero-order chi connectivity index (χ0) is 15.9. The number of aliphatic hydroxyl groups is 1. The molecule has 3 N–H and O–H groups in total. The van der Waals surface area contributed by atoms with Crippen LogP contribution in [-0.2, 0) is 0 Å². The summed E-state index contributed by atoms with van der Waals surface area (Å²) in [7, 11) is 0. The standard InChI is InChI=1S/C16H26N2O3/c1-12(2)21-14-7-5-13(6-8-14)18-15(20)17-11-16(3,4)9-10-19/h5-8,12,19H,9-11H2,1-4H3,(H2,17,18,20). The Labute approximate surface area is 126 Å². The van der Waals surface area contributed by atoms with Crippen molar-refractivity contribution in [2.45, 2.75) is 40.2 Å². The fourth-order valence-corrected chi connectivity index (χ4v) is 1.77. The highest BCUT2D eigenvalue weighted by molar-refractivity contribution is 5.89. The zero-order valence-electron chi connectivity index (χ0n) is 13.3. The lowest BCUT2D eigenvalue weighted by Crippen LogP contribution is -2.37. The molecule has 0 saturated heterocycles. The Morgan fingerprint density at radius 1 is 1.29 bits per heavy atom. The molecule has 0 atom stereocenters. The highest BCUT2D eigenvalue weighted by atomic mass is 16.5. The van der Waals surface area contributed by atoms with Gasteiger partial charge in [0.2, 0.25) is 0 Å². The summed E-state index contributed by atoms with van der Waals surface area (Å²) in [5, 5.41) is 14.5. The molecule has 0 radical (unpaired) electrons. The second-order valence-corrected chi connectivity index (χ2v) is 6.14. The van der Waals surface area contributed by atoms with Crippen LogP contribution in [0.25, 0.3) is 0 Å². The first-order chi connectivity index (χ1) is 9.82. The molecule has 1 aromatic carbocycles. The molecule has 1 aromatic rings. The lowest BCUT2D eigenvalue weighted by atomic mass is 9.90. The van der Waals surface area contributed by atoms with Gasteiger partial charge < -0.3 is 20.5 Å². The van der Waals surface area contributed by atoms with Crippen LogP contribution >= 0.6 is 0 Å². The number of ether oxygens (including phenoxy) is 1. The Morgan fingerprint density at radius 2 is 1.90 bits per heavy atom. The molecule has 5 heteroatoms. The molecule has 0 spiro atoms. The normalized spacial score (nSPS) is 11.3. The molecule has 1 rings (SSSR count). The van der Waals surface area contributed by atoms with Gasteiger partial charge in [-0.05, 0) is 49.9 Å². The van der Waals surface area contributed by atoms with Crippen LogP contribution in [0.3, 0.4) is 0 Å². The number of hydrogen-bond acceptors (Lipinski definition) is 3. The molecule has 0 bridgehead atoms. The van der Waals surface area contributed by atoms with Crippen LogP contribution in [0, 0.1) is 5.41 Å². The summed E-state index contributed by atoms with van der Waals surface area (Å²) in [5.74, 6) is 0.778. The molecule has 0 aliphatic rings. The van der Waals surface area contributed by atoms with E-state index in [2.05, 4.69) is 10.6 Å². The van der Waals surface area contributed by atoms with Crippen LogP contribution in [0.15, 0.2) is 24.3 Å². The molecule has 0 aromatic heterocycles. The van der Waals surface area contributed by atoms with Gasteiger partial charge in [0.1, 0.15) is 5.75 Å². The minimum Gasteiger partial charge on any atom is -0.491 e. The predicted octanol–water partition coefficient (Wildman–Crippen LogP) is 3.00. The lowest BCUT2D eigenvalue weighted by Gasteiger charge is -2.23. The number of aliphatic hydroxyl groups excluding tert-OH is 1. The summed E-state index contributed by atoms with van der Waals surface area (Å²) in [4.78, 5) is 11.8. The highest BCUT2D eigenvalue weighted by Crippen LogP contribution is 2.19. The van der Waals surface area contributed by atoms with Crippen molar-refractivity contribution in [3.63, 3.8) is 0 Å². The monoisotopic (exact) mass is 294 g/mol. The molecule has 5 nitrogen and oxygen atoms in total. The number of anilines is 1. The SMILES string of the molecule is CC(C)Oc1ccc(NC(=O)NCC(C)(C)CCO)cc1. The predicted molar refractivity (Wildman–Crippen MR) is 84.7 cm³/mol. The molecule has 0 heterocycles. The third kappa shape index (κ3) is 6.99. The van der Waals surface area contributed by atoms with Crippen molar-refractivity contribution >= 4 is 11.7 Å². The molecular formula is C16H26N2O3. The van der Waals surface area contributed by atoms with Crippen LogP contribution in [0.5, 0.6) is 5.75 Å². The number of urea groups is 1. The maximum Gasteiger partial charge on any atom is 0.319 e. The van der Waals surface area contributed by atoms with E-state index in [0.29, 0.717) is 18.7 Å². The van der Waals surface area contributed by atoms with Crippen LogP contribution < -0.4 is 15.4 Å². The summed E-state index contributed by atoms with van der Waals surface area (Å²) < 4.78 is 5.54. The smallest absolute Gasteiger partial charge is 0.319 e. The topological polar surface area (TPSA) is 70.6 Å². The number of carbonyl (C=O) groups excluding carboxylic acids is 1. The van der Waals surface area contributed by atoms with Crippen LogP contribution in [0.1, 0.15) is 34.1 Å². The van der Waals surface area contributed by atoms with Gasteiger partial charge in [0, 0.05) is 18.8 Å². The molecule has 21 heavy (non-hydrogen) atoms. The van der Waals surface area contributed by atoms with E-state index in [-0.39, 0.29) is 24.2 Å². The van der Waals surface area contributed by atoms with Crippen LogP contribution in [0.2, 0.25) is 0 Å². The van der Waals surface area contributed by atoms with Crippen molar-refractivity contribution in [2.24, 2.45) is 5.41 Å². The average molecular weight is 294 g/mol. The Hall–Kier alpha value is -1.75. The third-order valence-corrected chi connectivity index (χ3v) is 3.00. The maximum atomic E-state index is 11.8. The fourth-order valence-electron chi connectivity index (χ4n) is 1.77. The van der Waals surface area contributed by atoms with Crippen molar-refractivity contribution in [2.75, 3.05) is 18.5 Å². The summed E-state index contributed by atoms with van der Waals surface area (Å²) >= 11 is 0. The van der Waals surface area contributed by atoms with Gasteiger partial charge in [-0.15, -0.1) is 0 Å². The van der Waals surface area contributed by atoms with Gasteiger partial charge in [-0.1, -0.05) is 13.8 Å². The van der Waals surface area contributed by atoms with Gasteiger partial charge in [0.15, 0.2) is 0 Å². The van der Waals surface area contributed by atoms with Crippen molar-refractivity contribution in [1.82, 2.24) is 5.32 Å². The third-order valence-electron chi connectivity index (χ3n) is 3.00. The fraction of sp³-hybridized carbons (Fsp3) is 0.562. The van der Waals surface area contributed by atoms with Crippen molar-refractivity contribution in [3.05, 3.63) is 24.3 Å². The van der Waals surface area contributed by atoms with E-state index in [1.54, 1.807) is 12.1 Å². The number of benzene rings is 1. The van der Waals surface area contributed by atoms with Crippen LogP contribution in [0.4, 0.5) is 10.5 Å². The second kappa shape index (κ2) is 7.88. The van der Waals surface area contributed by atoms with Gasteiger partial charge in [-0.2, -0.15) is 0 Å². The number of hydrogen-bond donors (Lipinski definition) is 3. The maximum absolute atomic E-state index is 11.8. The number of rotatable bonds is 7. The van der Waals surface area contributed by atoms with Gasteiger partial charge in [0.05, 0.1) is 6.10 Å². The van der Waals surface area contributed by atoms with E-state index in [9.17, 15) is 4.79 Å². The lowest BCUT2D eigenvalue weighted by molar-refractivity contribution is 0.204. The highest BCUT2D eigenvalue weighted by Gasteiger charge is 2.18. The van der Waals surface area contributed by atoms with E-state index in [4.69, 9.17) is 9.84 Å². The van der Waals surface area contributed by atoms with E-state index in [0.717, 1.165) is 5.75 Å². The minimum atomic E-state index is -0.251. The van der Waals surface area contributed by atoms with Crippen molar-refractivity contribution in [1.29, 1.82) is 0 Å². The number of carbonyl (C=O) groups is 1. The van der Waals surface area contributed by atoms with E-state index < -0.39 is 0 Å². The van der Waals surface area contributed by atoms with Gasteiger partial charge in [-0.3, -0.25) is 0 Å². The van der Waals surface area contributed by atoms with Crippen LogP contribution in [-0.4, -0.2) is 30.4 Å². The molecule has 0 aliphatic heterocycles. The first kappa shape index (κ1) is 17.3. The Morgan fingerprint density at radius 3 is 2.43 bits per heavy atom. The second-order valence-electron chi connectivity index (χ2n) is 6.14. The summed E-state index contributed by atoms with van der Waals surface area (Å²) in [6.07, 6.45) is 0.773. The molecular weight excluding hydrogens is 268 g/mol. The van der Waals surface area contributed by atoms with Gasteiger partial charge >= 0.3 is 6.03 Å². The van der Waals surface area contributed by atoms with Gasteiger partial charge in [0.25, 0.3) is 0 Å². The molecule has 2 amide bonds. The van der Waals surface area contributed by atoms with E-state index >= 15 is 0 Å². The molecule has 0 unspecified atom stereocenters. The zero-order valence-corrected chi connectivity index (χ0v) is 13.3. The van der Waals surface area contributed by atoms with Gasteiger partial charge in [-0.25, -0.2) is 4.79 Å². The largest absolute Gasteiger partial charge is 0.491 e. The van der Waals surface area contributed by atoms with Crippen molar-refractivity contribution < 1.29 is 14.6 Å². The summed E-state index contributed by atoms with van der Waals surface area (Å²) in [5.41, 5.74) is 0.588. The van der Waals surface area contributed by atoms with E-state index in [1.807, 2.05) is 39.8 Å². The first-order valence-corrected chi connectivity index (χ1v) is 7.25. The first-order valence-electron chi connectivity index (χ1n) is 7.25. The molecule has 0 fully saturated rings. The number of amides is 2. The quantitative estimate of drug-likeness (QED) is 0.724. The molecule has 118 valence electrons. The minimum absolute atomic E-state index is 0.119. The summed E-state index contributed by atoms with van der Waals surface area (Å²) in [6.45, 7) is 8.56. The Kier molecular flexibility index (Phi) is 6.49. The molecule has 0 aliphatic carbocycles. The van der Waals surface area contributed by atoms with E-state index in [1.165, 1.54) is 0 Å².